The van der Waals surface area contributed by atoms with Gasteiger partial charge in [0.1, 0.15) is 27.3 Å². The van der Waals surface area contributed by atoms with E-state index in [1.807, 2.05) is 111 Å². The predicted octanol–water partition coefficient (Wildman–Crippen LogP) is 8.24. The van der Waals surface area contributed by atoms with Crippen LogP contribution in [-0.4, -0.2) is 28.7 Å². The molecule has 1 fully saturated rings. The molecular weight excluding hydrogens is 655 g/mol. The number of nitrogens with zero attached hydrogens (tertiary/aromatic N) is 1. The van der Waals surface area contributed by atoms with Crippen LogP contribution in [0.4, 0.5) is 5.69 Å². The van der Waals surface area contributed by atoms with Gasteiger partial charge in [-0.1, -0.05) is 91.0 Å². The Labute approximate surface area is 294 Å². The number of imide groups is 1. The van der Waals surface area contributed by atoms with Crippen molar-refractivity contribution >= 4 is 46.6 Å². The fraction of sp³-hybridized carbons (Fsp3) is 0.195. The second kappa shape index (κ2) is 11.6. The van der Waals surface area contributed by atoms with Crippen LogP contribution in [0.1, 0.15) is 38.9 Å². The molecule has 1 saturated heterocycles. The number of hydrogen-bond acceptors (Lipinski definition) is 4. The number of carbonyl (C=O) groups excluding carboxylic acids is 3. The number of ether oxygens (including phenoxy) is 1. The third-order valence-corrected chi connectivity index (χ3v) is 11.7. The summed E-state index contributed by atoms with van der Waals surface area (Å²) in [6, 6.07) is 36.1. The topological polar surface area (TPSA) is 75.7 Å². The zero-order chi connectivity index (χ0) is 34.1. The largest absolute Gasteiger partial charge is 0.457 e. The summed E-state index contributed by atoms with van der Waals surface area (Å²) in [5.41, 5.74) is 6.30. The second-order valence-electron chi connectivity index (χ2n) is 13.0. The van der Waals surface area contributed by atoms with E-state index in [0.29, 0.717) is 33.7 Å². The molecule has 6 nitrogen and oxygen atoms in total. The lowest BCUT2D eigenvalue weighted by atomic mass is 9.54. The SMILES string of the molecule is Cc1cccc(Oc2ccc(NC(=O)[C@H](Cc3ccccc3)N3C(=O)[C@@H]4[C@H](C3=O)C3(Cl)c5ccccc5C4(Cl)c4ccccc43)cc2)c1C. The minimum Gasteiger partial charge on any atom is -0.457 e. The molecule has 0 aromatic heterocycles. The average Bonchev–Trinajstić information content (AvgIpc) is 3.39. The van der Waals surface area contributed by atoms with E-state index in [-0.39, 0.29) is 6.42 Å². The van der Waals surface area contributed by atoms with Crippen molar-refractivity contribution in [3.8, 4) is 11.5 Å². The van der Waals surface area contributed by atoms with E-state index in [2.05, 4.69) is 5.32 Å². The molecule has 3 aliphatic carbocycles. The molecule has 8 heteroatoms. The molecule has 0 radical (unpaired) electrons. The van der Waals surface area contributed by atoms with Crippen LogP contribution in [0, 0.1) is 25.7 Å². The molecule has 49 heavy (non-hydrogen) atoms. The second-order valence-corrected chi connectivity index (χ2v) is 14.2. The molecule has 9 rings (SSSR count). The molecule has 244 valence electrons. The van der Waals surface area contributed by atoms with Crippen molar-refractivity contribution in [1.82, 2.24) is 4.90 Å². The summed E-state index contributed by atoms with van der Waals surface area (Å²) in [6.45, 7) is 4.03. The smallest absolute Gasteiger partial charge is 0.248 e. The molecule has 4 aliphatic rings. The summed E-state index contributed by atoms with van der Waals surface area (Å²) in [7, 11) is 0. The standard InChI is InChI=1S/C41H32Cl2N2O4/c1-24-11-10-18-34(25(24)2)49-28-21-19-27(20-22-28)44-37(46)33(23-26-12-4-3-5-13-26)45-38(47)35-36(39(45)48)41(43)30-15-7-6-14-29(30)40(35,42)31-16-8-9-17-32(31)41/h3-22,33,35-36H,23H2,1-2H3,(H,44,46)/t33-,35-,36+,40?,41?/m0/s1. The zero-order valence-corrected chi connectivity index (χ0v) is 28.3. The average molecular weight is 688 g/mol. The van der Waals surface area contributed by atoms with Crippen molar-refractivity contribution in [2.24, 2.45) is 11.8 Å². The maximum atomic E-state index is 14.7. The zero-order valence-electron chi connectivity index (χ0n) is 26.8. The first-order valence-corrected chi connectivity index (χ1v) is 17.0. The normalized spacial score (nSPS) is 23.8. The number of aryl methyl sites for hydroxylation is 1. The van der Waals surface area contributed by atoms with E-state index in [1.165, 1.54) is 0 Å². The van der Waals surface area contributed by atoms with Crippen molar-refractivity contribution in [2.75, 3.05) is 5.32 Å². The molecule has 2 bridgehead atoms. The Morgan fingerprint density at radius 1 is 0.714 bits per heavy atom. The number of halogens is 2. The van der Waals surface area contributed by atoms with Gasteiger partial charge < -0.3 is 10.1 Å². The summed E-state index contributed by atoms with van der Waals surface area (Å²) in [6.07, 6.45) is 0.113. The molecule has 5 aromatic rings. The third kappa shape index (κ3) is 4.65. The lowest BCUT2D eigenvalue weighted by Crippen LogP contribution is -2.57. The summed E-state index contributed by atoms with van der Waals surface area (Å²) in [4.78, 5) is 42.2. The monoisotopic (exact) mass is 686 g/mol. The van der Waals surface area contributed by atoms with Crippen LogP contribution in [-0.2, 0) is 30.6 Å². The van der Waals surface area contributed by atoms with Gasteiger partial charge in [-0.15, -0.1) is 23.2 Å². The van der Waals surface area contributed by atoms with Gasteiger partial charge in [-0.3, -0.25) is 19.3 Å². The predicted molar refractivity (Wildman–Crippen MR) is 190 cm³/mol. The van der Waals surface area contributed by atoms with Gasteiger partial charge >= 0.3 is 0 Å². The van der Waals surface area contributed by atoms with Gasteiger partial charge in [-0.2, -0.15) is 0 Å². The number of anilines is 1. The van der Waals surface area contributed by atoms with Gasteiger partial charge in [-0.05, 0) is 83.1 Å². The Morgan fingerprint density at radius 3 is 1.76 bits per heavy atom. The quantitative estimate of drug-likeness (QED) is 0.138. The van der Waals surface area contributed by atoms with Crippen molar-refractivity contribution in [2.45, 2.75) is 36.1 Å². The van der Waals surface area contributed by atoms with Crippen LogP contribution >= 0.6 is 23.2 Å². The number of alkyl halides is 2. The van der Waals surface area contributed by atoms with Gasteiger partial charge in [0.25, 0.3) is 0 Å². The molecule has 1 heterocycles. The minimum absolute atomic E-state index is 0.113. The number of amides is 3. The molecule has 3 atom stereocenters. The fourth-order valence-corrected chi connectivity index (χ4v) is 9.03. The van der Waals surface area contributed by atoms with E-state index in [4.69, 9.17) is 27.9 Å². The molecule has 1 N–H and O–H groups in total. The van der Waals surface area contributed by atoms with E-state index in [9.17, 15) is 14.4 Å². The Bertz CT molecular complexity index is 2030. The highest BCUT2D eigenvalue weighted by Crippen LogP contribution is 2.69. The first-order chi connectivity index (χ1) is 23.6. The highest BCUT2D eigenvalue weighted by atomic mass is 35.5. The van der Waals surface area contributed by atoms with Gasteiger partial charge in [0, 0.05) is 12.1 Å². The first-order valence-electron chi connectivity index (χ1n) is 16.3. The lowest BCUT2D eigenvalue weighted by molar-refractivity contribution is -0.146. The molecule has 5 aromatic carbocycles. The molecule has 0 saturated carbocycles. The van der Waals surface area contributed by atoms with E-state index in [1.54, 1.807) is 24.3 Å². The highest BCUT2D eigenvalue weighted by Gasteiger charge is 2.73. The Kier molecular flexibility index (Phi) is 7.43. The molecule has 0 unspecified atom stereocenters. The van der Waals surface area contributed by atoms with E-state index >= 15 is 0 Å². The summed E-state index contributed by atoms with van der Waals surface area (Å²) >= 11 is 15.3. The molecule has 1 aliphatic heterocycles. The summed E-state index contributed by atoms with van der Waals surface area (Å²) < 4.78 is 6.10. The number of hydrogen-bond donors (Lipinski definition) is 1. The third-order valence-electron chi connectivity index (χ3n) is 10.4. The molecule has 3 amide bonds. The Morgan fingerprint density at radius 2 is 1.22 bits per heavy atom. The number of likely N-dealkylation sites (tertiary alicyclic amines) is 1. The van der Waals surface area contributed by atoms with Gasteiger partial charge in [0.05, 0.1) is 11.8 Å². The van der Waals surface area contributed by atoms with Crippen LogP contribution < -0.4 is 10.1 Å². The van der Waals surface area contributed by atoms with Crippen molar-refractivity contribution in [3.63, 3.8) is 0 Å². The van der Waals surface area contributed by atoms with Crippen molar-refractivity contribution in [3.05, 3.63) is 160 Å². The van der Waals surface area contributed by atoms with Crippen molar-refractivity contribution in [1.29, 1.82) is 0 Å². The van der Waals surface area contributed by atoms with Gasteiger partial charge in [0.15, 0.2) is 0 Å². The Balaban J connectivity index is 1.15. The summed E-state index contributed by atoms with van der Waals surface area (Å²) in [5.74, 6) is -2.16. The fourth-order valence-electron chi connectivity index (χ4n) is 7.93. The van der Waals surface area contributed by atoms with E-state index in [0.717, 1.165) is 27.3 Å². The maximum Gasteiger partial charge on any atom is 0.248 e. The van der Waals surface area contributed by atoms with Crippen LogP contribution in [0.2, 0.25) is 0 Å². The van der Waals surface area contributed by atoms with Crippen molar-refractivity contribution < 1.29 is 19.1 Å². The minimum atomic E-state index is -1.34. The van der Waals surface area contributed by atoms with E-state index < -0.39 is 45.3 Å². The number of rotatable bonds is 7. The van der Waals surface area contributed by atoms with Gasteiger partial charge in [0.2, 0.25) is 17.7 Å². The highest BCUT2D eigenvalue weighted by molar-refractivity contribution is 6.36. The molecular formula is C41H32Cl2N2O4. The lowest BCUT2D eigenvalue weighted by Gasteiger charge is -2.54. The number of benzene rings is 5. The van der Waals surface area contributed by atoms with Crippen LogP contribution in [0.25, 0.3) is 0 Å². The summed E-state index contributed by atoms with van der Waals surface area (Å²) in [5, 5.41) is 2.96. The van der Waals surface area contributed by atoms with Crippen LogP contribution in [0.5, 0.6) is 11.5 Å². The molecule has 0 spiro atoms. The number of nitrogens with one attached hydrogen (secondary N) is 1. The van der Waals surface area contributed by atoms with Crippen LogP contribution in [0.3, 0.4) is 0 Å². The number of carbonyl (C=O) groups is 3. The first kappa shape index (κ1) is 31.4. The van der Waals surface area contributed by atoms with Crippen LogP contribution in [0.15, 0.2) is 121 Å². The maximum absolute atomic E-state index is 14.7. The van der Waals surface area contributed by atoms with Gasteiger partial charge in [-0.25, -0.2) is 0 Å². The Hall–Kier alpha value is -4.91.